The van der Waals surface area contributed by atoms with Crippen LogP contribution in [0.2, 0.25) is 0 Å². The van der Waals surface area contributed by atoms with Crippen molar-refractivity contribution in [2.75, 3.05) is 5.32 Å². The number of amides is 1. The molecule has 5 rings (SSSR count). The number of halogens is 1. The summed E-state index contributed by atoms with van der Waals surface area (Å²) in [4.78, 5) is 15.9. The van der Waals surface area contributed by atoms with E-state index < -0.39 is 0 Å². The molecule has 2 N–H and O–H groups in total. The highest BCUT2D eigenvalue weighted by atomic mass is 32.1. The van der Waals surface area contributed by atoms with Crippen LogP contribution in [0.1, 0.15) is 35.8 Å². The van der Waals surface area contributed by atoms with Crippen LogP contribution in [0.15, 0.2) is 48.5 Å². The van der Waals surface area contributed by atoms with Crippen molar-refractivity contribution in [2.45, 2.75) is 31.6 Å². The lowest BCUT2D eigenvalue weighted by Gasteiger charge is -2.06. The van der Waals surface area contributed by atoms with Gasteiger partial charge in [-0.3, -0.25) is 4.79 Å². The summed E-state index contributed by atoms with van der Waals surface area (Å²) in [5.41, 5.74) is 3.74. The number of hydrogen-bond donors (Lipinski definition) is 2. The molecule has 2 heterocycles. The van der Waals surface area contributed by atoms with E-state index in [1.165, 1.54) is 23.5 Å². The van der Waals surface area contributed by atoms with Crippen molar-refractivity contribution in [2.24, 2.45) is 0 Å². The summed E-state index contributed by atoms with van der Waals surface area (Å²) in [6, 6.07) is 14.6. The van der Waals surface area contributed by atoms with Crippen molar-refractivity contribution < 1.29 is 9.18 Å². The molecule has 146 valence electrons. The molecule has 4 aromatic rings. The van der Waals surface area contributed by atoms with E-state index >= 15 is 0 Å². The SMILES string of the molecule is O=C(CCc1c(-c2ccccc2)[nH]c2ccc(F)cc12)Nc1nnc(C2CC2)s1. The van der Waals surface area contributed by atoms with E-state index in [4.69, 9.17) is 0 Å². The van der Waals surface area contributed by atoms with Gasteiger partial charge >= 0.3 is 0 Å². The first-order valence-electron chi connectivity index (χ1n) is 9.66. The van der Waals surface area contributed by atoms with Crippen LogP contribution < -0.4 is 5.32 Å². The number of carbonyl (C=O) groups is 1. The fourth-order valence-electron chi connectivity index (χ4n) is 3.53. The van der Waals surface area contributed by atoms with Crippen LogP contribution in [0.4, 0.5) is 9.52 Å². The van der Waals surface area contributed by atoms with Crippen molar-refractivity contribution in [1.82, 2.24) is 15.2 Å². The van der Waals surface area contributed by atoms with Crippen LogP contribution in [-0.4, -0.2) is 21.1 Å². The number of rotatable bonds is 6. The van der Waals surface area contributed by atoms with Gasteiger partial charge in [-0.25, -0.2) is 4.39 Å². The van der Waals surface area contributed by atoms with Crippen LogP contribution >= 0.6 is 11.3 Å². The molecule has 29 heavy (non-hydrogen) atoms. The molecule has 1 saturated carbocycles. The summed E-state index contributed by atoms with van der Waals surface area (Å²) in [7, 11) is 0. The fraction of sp³-hybridized carbons (Fsp3) is 0.227. The molecule has 2 aromatic carbocycles. The Labute approximate surface area is 171 Å². The Kier molecular flexibility index (Phi) is 4.60. The summed E-state index contributed by atoms with van der Waals surface area (Å²) in [5, 5.41) is 13.4. The Morgan fingerprint density at radius 2 is 2.00 bits per heavy atom. The average molecular weight is 406 g/mol. The lowest BCUT2D eigenvalue weighted by Crippen LogP contribution is -2.12. The molecule has 1 aliphatic rings. The van der Waals surface area contributed by atoms with Gasteiger partial charge in [0.1, 0.15) is 10.8 Å². The summed E-state index contributed by atoms with van der Waals surface area (Å²) in [6.45, 7) is 0. The predicted octanol–water partition coefficient (Wildman–Crippen LogP) is 5.27. The first-order valence-corrected chi connectivity index (χ1v) is 10.5. The minimum atomic E-state index is -0.289. The maximum absolute atomic E-state index is 13.9. The molecular weight excluding hydrogens is 387 g/mol. The number of aromatic amines is 1. The molecule has 7 heteroatoms. The molecule has 0 atom stereocenters. The zero-order valence-corrected chi connectivity index (χ0v) is 16.4. The van der Waals surface area contributed by atoms with Crippen molar-refractivity contribution in [3.8, 4) is 11.3 Å². The molecule has 0 unspecified atom stereocenters. The number of nitrogens with one attached hydrogen (secondary N) is 2. The van der Waals surface area contributed by atoms with Gasteiger partial charge in [0.05, 0.1) is 0 Å². The average Bonchev–Trinajstić information content (AvgIpc) is 3.38. The number of aromatic nitrogens is 3. The zero-order valence-electron chi connectivity index (χ0n) is 15.6. The summed E-state index contributed by atoms with van der Waals surface area (Å²) in [6.07, 6.45) is 3.08. The first-order chi connectivity index (χ1) is 14.2. The van der Waals surface area contributed by atoms with E-state index in [9.17, 15) is 9.18 Å². The van der Waals surface area contributed by atoms with Crippen LogP contribution in [0.25, 0.3) is 22.2 Å². The maximum atomic E-state index is 13.9. The van der Waals surface area contributed by atoms with Gasteiger partial charge < -0.3 is 10.3 Å². The monoisotopic (exact) mass is 406 g/mol. The van der Waals surface area contributed by atoms with E-state index in [1.807, 2.05) is 30.3 Å². The molecule has 0 saturated heterocycles. The Bertz CT molecular complexity index is 1180. The van der Waals surface area contributed by atoms with Crippen LogP contribution in [0.5, 0.6) is 0 Å². The molecule has 1 aliphatic carbocycles. The minimum Gasteiger partial charge on any atom is -0.354 e. The number of anilines is 1. The smallest absolute Gasteiger partial charge is 0.226 e. The second-order valence-corrected chi connectivity index (χ2v) is 8.31. The van der Waals surface area contributed by atoms with Crippen LogP contribution in [-0.2, 0) is 11.2 Å². The summed E-state index contributed by atoms with van der Waals surface area (Å²) in [5.74, 6) is 0.115. The van der Waals surface area contributed by atoms with E-state index in [0.29, 0.717) is 17.5 Å². The fourth-order valence-corrected chi connectivity index (χ4v) is 4.46. The van der Waals surface area contributed by atoms with E-state index in [1.54, 1.807) is 6.07 Å². The van der Waals surface area contributed by atoms with Crippen molar-refractivity contribution in [3.05, 3.63) is 64.9 Å². The van der Waals surface area contributed by atoms with Crippen LogP contribution in [0.3, 0.4) is 0 Å². The van der Waals surface area contributed by atoms with Crippen LogP contribution in [0, 0.1) is 5.82 Å². The molecule has 0 bridgehead atoms. The quantitative estimate of drug-likeness (QED) is 0.458. The Morgan fingerprint density at radius 3 is 2.79 bits per heavy atom. The summed E-state index contributed by atoms with van der Waals surface area (Å²) >= 11 is 1.45. The van der Waals surface area contributed by atoms with Gasteiger partial charge in [0.25, 0.3) is 0 Å². The maximum Gasteiger partial charge on any atom is 0.226 e. The highest BCUT2D eigenvalue weighted by molar-refractivity contribution is 7.15. The number of fused-ring (bicyclic) bond motifs is 1. The third-order valence-electron chi connectivity index (χ3n) is 5.15. The molecular formula is C22H19FN4OS. The third-order valence-corrected chi connectivity index (χ3v) is 6.15. The number of benzene rings is 2. The molecule has 5 nitrogen and oxygen atoms in total. The topological polar surface area (TPSA) is 70.7 Å². The normalized spacial score (nSPS) is 13.7. The zero-order chi connectivity index (χ0) is 19.8. The van der Waals surface area contributed by atoms with Gasteiger partial charge in [0, 0.05) is 28.9 Å². The molecule has 1 fully saturated rings. The van der Waals surface area contributed by atoms with Gasteiger partial charge in [-0.1, -0.05) is 41.7 Å². The molecule has 1 amide bonds. The number of hydrogen-bond acceptors (Lipinski definition) is 4. The molecule has 0 spiro atoms. The second kappa shape index (κ2) is 7.40. The predicted molar refractivity (Wildman–Crippen MR) is 113 cm³/mol. The van der Waals surface area contributed by atoms with Gasteiger partial charge in [0.2, 0.25) is 11.0 Å². The minimum absolute atomic E-state index is 0.117. The lowest BCUT2D eigenvalue weighted by atomic mass is 10.0. The largest absolute Gasteiger partial charge is 0.354 e. The van der Waals surface area contributed by atoms with Gasteiger partial charge in [-0.15, -0.1) is 10.2 Å². The van der Waals surface area contributed by atoms with E-state index in [0.717, 1.165) is 45.6 Å². The Morgan fingerprint density at radius 1 is 1.17 bits per heavy atom. The van der Waals surface area contributed by atoms with Gasteiger partial charge in [-0.2, -0.15) is 0 Å². The molecule has 2 aromatic heterocycles. The highest BCUT2D eigenvalue weighted by Gasteiger charge is 2.27. The van der Waals surface area contributed by atoms with Gasteiger partial charge in [-0.05, 0) is 48.6 Å². The lowest BCUT2D eigenvalue weighted by molar-refractivity contribution is -0.116. The second-order valence-electron chi connectivity index (χ2n) is 7.30. The number of aryl methyl sites for hydroxylation is 1. The third kappa shape index (κ3) is 3.78. The Hall–Kier alpha value is -3.06. The van der Waals surface area contributed by atoms with Crippen molar-refractivity contribution in [1.29, 1.82) is 0 Å². The Balaban J connectivity index is 1.38. The standard InChI is InChI=1S/C22H19FN4OS/c23-15-8-10-18-17(12-15)16(20(24-18)13-4-2-1-3-5-13)9-11-19(28)25-22-27-26-21(29-22)14-6-7-14/h1-5,8,10,12,14,24H,6-7,9,11H2,(H,25,27,28). The molecule has 0 aliphatic heterocycles. The van der Waals surface area contributed by atoms with Gasteiger partial charge in [0.15, 0.2) is 0 Å². The number of H-pyrrole nitrogens is 1. The molecule has 0 radical (unpaired) electrons. The summed E-state index contributed by atoms with van der Waals surface area (Å²) < 4.78 is 13.9. The first kappa shape index (κ1) is 18.0. The number of carbonyl (C=O) groups excluding carboxylic acids is 1. The number of nitrogens with zero attached hydrogens (tertiary/aromatic N) is 2. The van der Waals surface area contributed by atoms with Crippen molar-refractivity contribution >= 4 is 33.3 Å². The highest BCUT2D eigenvalue weighted by Crippen LogP contribution is 2.42. The van der Waals surface area contributed by atoms with Crippen molar-refractivity contribution in [3.63, 3.8) is 0 Å². The van der Waals surface area contributed by atoms with E-state index in [-0.39, 0.29) is 18.1 Å². The van der Waals surface area contributed by atoms with E-state index in [2.05, 4.69) is 20.5 Å².